The van der Waals surface area contributed by atoms with Crippen molar-refractivity contribution in [3.8, 4) is 11.4 Å². The largest absolute Gasteiger partial charge is 0.352 e. The molecule has 3 rings (SSSR count). The summed E-state index contributed by atoms with van der Waals surface area (Å²) >= 11 is 7.24. The molecule has 1 aromatic heterocycles. The first kappa shape index (κ1) is 17.2. The summed E-state index contributed by atoms with van der Waals surface area (Å²) < 4.78 is 2.45. The van der Waals surface area contributed by atoms with Crippen molar-refractivity contribution in [2.75, 3.05) is 11.5 Å². The average Bonchev–Trinajstić information content (AvgIpc) is 2.95. The molecule has 0 bridgehead atoms. The highest BCUT2D eigenvalue weighted by Crippen LogP contribution is 2.19. The minimum Gasteiger partial charge on any atom is -0.352 e. The molecule has 1 saturated heterocycles. The number of hydrogen-bond acceptors (Lipinski definition) is 4. The predicted molar refractivity (Wildman–Crippen MR) is 101 cm³/mol. The maximum atomic E-state index is 12.2. The molecule has 2 heterocycles. The second-order valence-electron chi connectivity index (χ2n) is 6.11. The molecule has 0 unspecified atom stereocenters. The number of carbonyl (C=O) groups is 1. The Bertz CT molecular complexity index is 762. The van der Waals surface area contributed by atoms with E-state index in [-0.39, 0.29) is 5.91 Å². The molecule has 2 N–H and O–H groups in total. The van der Waals surface area contributed by atoms with Gasteiger partial charge in [-0.2, -0.15) is 16.9 Å². The minimum absolute atomic E-state index is 0.0841. The first-order valence-electron chi connectivity index (χ1n) is 8.23. The van der Waals surface area contributed by atoms with Crippen molar-refractivity contribution in [2.24, 2.45) is 0 Å². The molecule has 1 fully saturated rings. The van der Waals surface area contributed by atoms with E-state index in [1.807, 2.05) is 41.5 Å². The van der Waals surface area contributed by atoms with E-state index in [0.717, 1.165) is 23.6 Å². The lowest BCUT2D eigenvalue weighted by Crippen LogP contribution is -2.38. The Morgan fingerprint density at radius 2 is 2.42 bits per heavy atom. The standard InChI is InChI=1S/C17H22N4OS2/c1-12-4-2-5-13(10-12)16-19-20-17(23)21(16)8-7-15(22)18-14-6-3-9-24-11-14/h2,4-5,10,14H,3,6-9,11H2,1H3,(H,18,22)(H,20,23)/t14-/m1/s1. The summed E-state index contributed by atoms with van der Waals surface area (Å²) in [6, 6.07) is 8.43. The van der Waals surface area contributed by atoms with Gasteiger partial charge >= 0.3 is 0 Å². The molecule has 1 aromatic carbocycles. The van der Waals surface area contributed by atoms with Gasteiger partial charge in [-0.3, -0.25) is 14.5 Å². The van der Waals surface area contributed by atoms with E-state index in [1.165, 1.54) is 17.7 Å². The highest BCUT2D eigenvalue weighted by atomic mass is 32.2. The fraction of sp³-hybridized carbons (Fsp3) is 0.471. The van der Waals surface area contributed by atoms with E-state index < -0.39 is 0 Å². The van der Waals surface area contributed by atoms with Crippen molar-refractivity contribution < 1.29 is 4.79 Å². The summed E-state index contributed by atoms with van der Waals surface area (Å²) in [6.07, 6.45) is 2.67. The van der Waals surface area contributed by atoms with Gasteiger partial charge in [0.25, 0.3) is 0 Å². The predicted octanol–water partition coefficient (Wildman–Crippen LogP) is 3.32. The Balaban J connectivity index is 1.66. The number of thioether (sulfide) groups is 1. The molecule has 1 atom stereocenters. The summed E-state index contributed by atoms with van der Waals surface area (Å²) in [5.41, 5.74) is 2.17. The summed E-state index contributed by atoms with van der Waals surface area (Å²) in [7, 11) is 0. The van der Waals surface area contributed by atoms with Crippen LogP contribution in [0.4, 0.5) is 0 Å². The molecule has 1 aliphatic rings. The van der Waals surface area contributed by atoms with Crippen molar-refractivity contribution in [1.82, 2.24) is 20.1 Å². The monoisotopic (exact) mass is 362 g/mol. The van der Waals surface area contributed by atoms with Crippen LogP contribution < -0.4 is 5.32 Å². The number of nitrogens with one attached hydrogen (secondary N) is 2. The fourth-order valence-corrected chi connectivity index (χ4v) is 4.19. The van der Waals surface area contributed by atoms with Crippen LogP contribution in [0.2, 0.25) is 0 Å². The van der Waals surface area contributed by atoms with Crippen LogP contribution in [0.3, 0.4) is 0 Å². The molecular weight excluding hydrogens is 340 g/mol. The second kappa shape index (κ2) is 7.98. The molecular formula is C17H22N4OS2. The summed E-state index contributed by atoms with van der Waals surface area (Å²) in [5, 5.41) is 10.3. The minimum atomic E-state index is 0.0841. The van der Waals surface area contributed by atoms with Gasteiger partial charge in [0.05, 0.1) is 0 Å². The molecule has 1 aliphatic heterocycles. The van der Waals surface area contributed by atoms with Gasteiger partial charge in [0.1, 0.15) is 0 Å². The Kier molecular flexibility index (Phi) is 5.73. The van der Waals surface area contributed by atoms with Crippen LogP contribution in [-0.4, -0.2) is 38.2 Å². The molecule has 0 radical (unpaired) electrons. The molecule has 24 heavy (non-hydrogen) atoms. The van der Waals surface area contributed by atoms with E-state index in [9.17, 15) is 4.79 Å². The molecule has 2 aromatic rings. The smallest absolute Gasteiger partial charge is 0.222 e. The number of benzene rings is 1. The van der Waals surface area contributed by atoms with Crippen LogP contribution in [-0.2, 0) is 11.3 Å². The average molecular weight is 363 g/mol. The lowest BCUT2D eigenvalue weighted by Gasteiger charge is -2.22. The van der Waals surface area contributed by atoms with Gasteiger partial charge in [-0.25, -0.2) is 0 Å². The van der Waals surface area contributed by atoms with Gasteiger partial charge in [0.2, 0.25) is 5.91 Å². The van der Waals surface area contributed by atoms with Gasteiger partial charge in [0, 0.05) is 30.3 Å². The number of aromatic nitrogens is 3. The van der Waals surface area contributed by atoms with E-state index in [0.29, 0.717) is 23.8 Å². The number of rotatable bonds is 5. The topological polar surface area (TPSA) is 62.7 Å². The lowest BCUT2D eigenvalue weighted by molar-refractivity contribution is -0.121. The van der Waals surface area contributed by atoms with E-state index in [1.54, 1.807) is 0 Å². The van der Waals surface area contributed by atoms with Gasteiger partial charge in [-0.15, -0.1) is 0 Å². The van der Waals surface area contributed by atoms with Crippen molar-refractivity contribution in [3.05, 3.63) is 34.6 Å². The Labute approximate surface area is 151 Å². The molecule has 0 aliphatic carbocycles. The second-order valence-corrected chi connectivity index (χ2v) is 7.64. The Hall–Kier alpha value is -1.60. The molecule has 128 valence electrons. The number of nitrogens with zero attached hydrogens (tertiary/aromatic N) is 2. The molecule has 0 spiro atoms. The van der Waals surface area contributed by atoms with Crippen LogP contribution in [0.5, 0.6) is 0 Å². The fourth-order valence-electron chi connectivity index (χ4n) is 2.90. The van der Waals surface area contributed by atoms with Crippen LogP contribution >= 0.6 is 24.0 Å². The third kappa shape index (κ3) is 4.27. The molecule has 0 saturated carbocycles. The summed E-state index contributed by atoms with van der Waals surface area (Å²) in [4.78, 5) is 12.2. The summed E-state index contributed by atoms with van der Waals surface area (Å²) in [5.74, 6) is 3.09. The Morgan fingerprint density at radius 3 is 3.17 bits per heavy atom. The number of amides is 1. The van der Waals surface area contributed by atoms with Gasteiger partial charge in [-0.1, -0.05) is 23.8 Å². The van der Waals surface area contributed by atoms with E-state index in [4.69, 9.17) is 12.2 Å². The van der Waals surface area contributed by atoms with Crippen LogP contribution in [0.15, 0.2) is 24.3 Å². The van der Waals surface area contributed by atoms with Gasteiger partial charge in [-0.05, 0) is 43.8 Å². The third-order valence-corrected chi connectivity index (χ3v) is 5.65. The molecule has 7 heteroatoms. The molecule has 1 amide bonds. The van der Waals surface area contributed by atoms with E-state index >= 15 is 0 Å². The van der Waals surface area contributed by atoms with Crippen molar-refractivity contribution in [2.45, 2.75) is 38.8 Å². The van der Waals surface area contributed by atoms with Crippen molar-refractivity contribution >= 4 is 29.9 Å². The zero-order valence-electron chi connectivity index (χ0n) is 13.7. The maximum absolute atomic E-state index is 12.2. The van der Waals surface area contributed by atoms with Gasteiger partial charge < -0.3 is 5.32 Å². The summed E-state index contributed by atoms with van der Waals surface area (Å²) in [6.45, 7) is 2.58. The quantitative estimate of drug-likeness (QED) is 0.801. The number of aryl methyl sites for hydroxylation is 1. The number of carbonyl (C=O) groups excluding carboxylic acids is 1. The van der Waals surface area contributed by atoms with Crippen LogP contribution in [0.25, 0.3) is 11.4 Å². The zero-order chi connectivity index (χ0) is 16.9. The maximum Gasteiger partial charge on any atom is 0.222 e. The number of H-pyrrole nitrogens is 1. The van der Waals surface area contributed by atoms with E-state index in [2.05, 4.69) is 21.6 Å². The normalized spacial score (nSPS) is 17.6. The van der Waals surface area contributed by atoms with Crippen molar-refractivity contribution in [3.63, 3.8) is 0 Å². The first-order chi connectivity index (χ1) is 11.6. The molecule has 5 nitrogen and oxygen atoms in total. The highest BCUT2D eigenvalue weighted by molar-refractivity contribution is 7.99. The number of hydrogen-bond donors (Lipinski definition) is 2. The van der Waals surface area contributed by atoms with Crippen molar-refractivity contribution in [1.29, 1.82) is 0 Å². The zero-order valence-corrected chi connectivity index (χ0v) is 15.4. The number of aromatic amines is 1. The van der Waals surface area contributed by atoms with Crippen LogP contribution in [0, 0.1) is 11.7 Å². The first-order valence-corrected chi connectivity index (χ1v) is 9.79. The Morgan fingerprint density at radius 1 is 1.54 bits per heavy atom. The van der Waals surface area contributed by atoms with Crippen LogP contribution in [0.1, 0.15) is 24.8 Å². The third-order valence-electron chi connectivity index (χ3n) is 4.12. The highest BCUT2D eigenvalue weighted by Gasteiger charge is 2.16. The SMILES string of the molecule is Cc1cccc(-c2n[nH]c(=S)n2CCC(=O)N[C@@H]2CCCSC2)c1. The lowest BCUT2D eigenvalue weighted by atomic mass is 10.1. The van der Waals surface area contributed by atoms with Gasteiger partial charge in [0.15, 0.2) is 10.6 Å².